The van der Waals surface area contributed by atoms with E-state index in [0.717, 1.165) is 12.8 Å². The van der Waals surface area contributed by atoms with Crippen LogP contribution in [0.4, 0.5) is 0 Å². The molecule has 6 nitrogen and oxygen atoms in total. The lowest BCUT2D eigenvalue weighted by Gasteiger charge is -2.27. The summed E-state index contributed by atoms with van der Waals surface area (Å²) in [7, 11) is 0. The predicted molar refractivity (Wildman–Crippen MR) is 78.3 cm³/mol. The zero-order chi connectivity index (χ0) is 15.5. The number of rotatable bonds is 3. The second kappa shape index (κ2) is 6.25. The van der Waals surface area contributed by atoms with E-state index in [-0.39, 0.29) is 17.9 Å². The molecule has 1 heterocycles. The molecule has 22 heavy (non-hydrogen) atoms. The molecular formula is C16H19NO5. The maximum Gasteiger partial charge on any atom is 0.306 e. The summed E-state index contributed by atoms with van der Waals surface area (Å²) in [6.45, 7) is 0.984. The van der Waals surface area contributed by atoms with Gasteiger partial charge in [-0.05, 0) is 37.5 Å². The monoisotopic (exact) mass is 305 g/mol. The van der Waals surface area contributed by atoms with E-state index in [9.17, 15) is 9.59 Å². The van der Waals surface area contributed by atoms with Gasteiger partial charge in [-0.3, -0.25) is 9.59 Å². The summed E-state index contributed by atoms with van der Waals surface area (Å²) < 4.78 is 10.9. The smallest absolute Gasteiger partial charge is 0.306 e. The Morgan fingerprint density at radius 1 is 1.14 bits per heavy atom. The fourth-order valence-electron chi connectivity index (χ4n) is 3.00. The number of fused-ring (bicyclic) bond motifs is 1. The Bertz CT molecular complexity index is 586. The molecule has 1 fully saturated rings. The van der Waals surface area contributed by atoms with Gasteiger partial charge in [0, 0.05) is 11.6 Å². The first kappa shape index (κ1) is 14.7. The number of aliphatic carboxylic acids is 1. The van der Waals surface area contributed by atoms with Gasteiger partial charge in [-0.15, -0.1) is 0 Å². The van der Waals surface area contributed by atoms with Gasteiger partial charge in [-0.25, -0.2) is 0 Å². The van der Waals surface area contributed by atoms with Crippen LogP contribution in [-0.2, 0) is 4.79 Å². The number of nitrogens with one attached hydrogen (secondary N) is 1. The number of carbonyl (C=O) groups is 2. The highest BCUT2D eigenvalue weighted by molar-refractivity contribution is 5.95. The summed E-state index contributed by atoms with van der Waals surface area (Å²) in [5.74, 6) is -0.122. The highest BCUT2D eigenvalue weighted by Gasteiger charge is 2.28. The molecule has 1 aromatic carbocycles. The molecule has 1 amide bonds. The van der Waals surface area contributed by atoms with Crippen molar-refractivity contribution in [2.45, 2.75) is 31.7 Å². The second-order valence-corrected chi connectivity index (χ2v) is 5.73. The molecule has 0 aromatic heterocycles. The van der Waals surface area contributed by atoms with Crippen molar-refractivity contribution in [2.75, 3.05) is 13.2 Å². The van der Waals surface area contributed by atoms with Crippen LogP contribution in [0.25, 0.3) is 0 Å². The first-order chi connectivity index (χ1) is 10.6. The highest BCUT2D eigenvalue weighted by atomic mass is 16.6. The normalized spacial score (nSPS) is 23.6. The number of hydrogen-bond donors (Lipinski definition) is 2. The maximum atomic E-state index is 12.3. The van der Waals surface area contributed by atoms with E-state index in [1.54, 1.807) is 18.2 Å². The lowest BCUT2D eigenvalue weighted by Crippen LogP contribution is -2.40. The summed E-state index contributed by atoms with van der Waals surface area (Å²) in [6, 6.07) is 5.00. The molecule has 2 aliphatic rings. The first-order valence-electron chi connectivity index (χ1n) is 7.57. The zero-order valence-corrected chi connectivity index (χ0v) is 12.2. The molecule has 1 aliphatic heterocycles. The lowest BCUT2D eigenvalue weighted by atomic mass is 9.85. The Balaban J connectivity index is 1.65. The van der Waals surface area contributed by atoms with Crippen molar-refractivity contribution in [1.29, 1.82) is 0 Å². The van der Waals surface area contributed by atoms with Crippen LogP contribution in [0.5, 0.6) is 11.5 Å². The van der Waals surface area contributed by atoms with E-state index >= 15 is 0 Å². The third-order valence-corrected chi connectivity index (χ3v) is 4.16. The van der Waals surface area contributed by atoms with Crippen molar-refractivity contribution >= 4 is 11.9 Å². The van der Waals surface area contributed by atoms with Crippen molar-refractivity contribution in [3.05, 3.63) is 23.8 Å². The SMILES string of the molecule is O=C(NC1CCCC(C(=O)O)C1)c1ccc2c(c1)OCCO2. The minimum Gasteiger partial charge on any atom is -0.486 e. The van der Waals surface area contributed by atoms with Gasteiger partial charge in [-0.2, -0.15) is 0 Å². The van der Waals surface area contributed by atoms with Gasteiger partial charge >= 0.3 is 5.97 Å². The summed E-state index contributed by atoms with van der Waals surface area (Å²) in [6.07, 6.45) is 2.82. The van der Waals surface area contributed by atoms with Gasteiger partial charge < -0.3 is 19.9 Å². The number of amides is 1. The van der Waals surface area contributed by atoms with Crippen LogP contribution in [0.1, 0.15) is 36.0 Å². The summed E-state index contributed by atoms with van der Waals surface area (Å²) in [5, 5.41) is 12.0. The van der Waals surface area contributed by atoms with E-state index < -0.39 is 5.97 Å². The van der Waals surface area contributed by atoms with E-state index in [1.807, 2.05) is 0 Å². The van der Waals surface area contributed by atoms with Crippen molar-refractivity contribution in [2.24, 2.45) is 5.92 Å². The van der Waals surface area contributed by atoms with E-state index in [2.05, 4.69) is 5.32 Å². The molecule has 1 saturated carbocycles. The molecule has 2 unspecified atom stereocenters. The second-order valence-electron chi connectivity index (χ2n) is 5.73. The number of carbonyl (C=O) groups excluding carboxylic acids is 1. The van der Waals surface area contributed by atoms with Gasteiger partial charge in [0.1, 0.15) is 13.2 Å². The third kappa shape index (κ3) is 3.16. The molecule has 1 aliphatic carbocycles. The number of hydrogen-bond acceptors (Lipinski definition) is 4. The Morgan fingerprint density at radius 3 is 2.68 bits per heavy atom. The minimum atomic E-state index is -0.779. The predicted octanol–water partition coefficient (Wildman–Crippen LogP) is 1.83. The molecular weight excluding hydrogens is 286 g/mol. The van der Waals surface area contributed by atoms with Crippen molar-refractivity contribution in [3.63, 3.8) is 0 Å². The van der Waals surface area contributed by atoms with Crippen LogP contribution in [0.3, 0.4) is 0 Å². The number of carboxylic acid groups (broad SMARTS) is 1. The molecule has 2 N–H and O–H groups in total. The topological polar surface area (TPSA) is 84.9 Å². The number of ether oxygens (including phenoxy) is 2. The van der Waals surface area contributed by atoms with E-state index in [4.69, 9.17) is 14.6 Å². The van der Waals surface area contributed by atoms with Gasteiger partial charge in [0.2, 0.25) is 0 Å². The summed E-state index contributed by atoms with van der Waals surface area (Å²) >= 11 is 0. The molecule has 6 heteroatoms. The van der Waals surface area contributed by atoms with Crippen molar-refractivity contribution in [1.82, 2.24) is 5.32 Å². The molecule has 2 atom stereocenters. The van der Waals surface area contributed by atoms with Gasteiger partial charge in [-0.1, -0.05) is 6.42 Å². The van der Waals surface area contributed by atoms with Crippen molar-refractivity contribution in [3.8, 4) is 11.5 Å². The van der Waals surface area contributed by atoms with Crippen molar-refractivity contribution < 1.29 is 24.2 Å². The standard InChI is InChI=1S/C16H19NO5/c18-15(17-12-3-1-2-11(8-12)16(19)20)10-4-5-13-14(9-10)22-7-6-21-13/h4-5,9,11-12H,1-3,6-8H2,(H,17,18)(H,19,20). The molecule has 118 valence electrons. The molecule has 0 radical (unpaired) electrons. The zero-order valence-electron chi connectivity index (χ0n) is 12.2. The molecule has 0 bridgehead atoms. The maximum absolute atomic E-state index is 12.3. The van der Waals surface area contributed by atoms with Crippen LogP contribution in [-0.4, -0.2) is 36.2 Å². The molecule has 1 aromatic rings. The summed E-state index contributed by atoms with van der Waals surface area (Å²) in [4.78, 5) is 23.4. The number of benzene rings is 1. The fourth-order valence-corrected chi connectivity index (χ4v) is 3.00. The molecule has 3 rings (SSSR count). The van der Waals surface area contributed by atoms with Crippen LogP contribution in [0.2, 0.25) is 0 Å². The van der Waals surface area contributed by atoms with Gasteiger partial charge in [0.05, 0.1) is 5.92 Å². The Kier molecular flexibility index (Phi) is 4.18. The average Bonchev–Trinajstić information content (AvgIpc) is 2.54. The first-order valence-corrected chi connectivity index (χ1v) is 7.57. The van der Waals surface area contributed by atoms with E-state index in [1.165, 1.54) is 0 Å². The van der Waals surface area contributed by atoms with Crippen LogP contribution < -0.4 is 14.8 Å². The van der Waals surface area contributed by atoms with Crippen LogP contribution >= 0.6 is 0 Å². The largest absolute Gasteiger partial charge is 0.486 e. The fraction of sp³-hybridized carbons (Fsp3) is 0.500. The average molecular weight is 305 g/mol. The van der Waals surface area contributed by atoms with E-state index in [0.29, 0.717) is 43.1 Å². The van der Waals surface area contributed by atoms with Gasteiger partial charge in [0.15, 0.2) is 11.5 Å². The molecule has 0 saturated heterocycles. The lowest BCUT2D eigenvalue weighted by molar-refractivity contribution is -0.143. The Hall–Kier alpha value is -2.24. The number of carboxylic acids is 1. The van der Waals surface area contributed by atoms with Crippen LogP contribution in [0, 0.1) is 5.92 Å². The highest BCUT2D eigenvalue weighted by Crippen LogP contribution is 2.31. The Morgan fingerprint density at radius 2 is 1.91 bits per heavy atom. The molecule has 0 spiro atoms. The van der Waals surface area contributed by atoms with Gasteiger partial charge in [0.25, 0.3) is 5.91 Å². The summed E-state index contributed by atoms with van der Waals surface area (Å²) in [5.41, 5.74) is 0.502. The van der Waals surface area contributed by atoms with Crippen LogP contribution in [0.15, 0.2) is 18.2 Å². The third-order valence-electron chi connectivity index (χ3n) is 4.16. The Labute approximate surface area is 128 Å². The minimum absolute atomic E-state index is 0.0875. The quantitative estimate of drug-likeness (QED) is 0.890.